The fourth-order valence-corrected chi connectivity index (χ4v) is 4.17. The zero-order valence-corrected chi connectivity index (χ0v) is 21.2. The number of methoxy groups -OCH3 is 1. The third-order valence-electron chi connectivity index (χ3n) is 5.26. The topological polar surface area (TPSA) is 106 Å². The lowest BCUT2D eigenvalue weighted by molar-refractivity contribution is -0.114. The van der Waals surface area contributed by atoms with Crippen LogP contribution in [0.5, 0.6) is 17.2 Å². The van der Waals surface area contributed by atoms with Crippen LogP contribution in [-0.4, -0.2) is 66.7 Å². The Balaban J connectivity index is 1.33. The zero-order valence-electron chi connectivity index (χ0n) is 20.4. The molecule has 0 spiro atoms. The molecule has 0 bridgehead atoms. The maximum absolute atomic E-state index is 13.0. The molecule has 0 unspecified atom stereocenters. The standard InChI is InChI=1S/C25H23F3N4O5S/c1-15-5-3-4-6-18(15)36-11-9-35-10-12-37-19-8-7-16(14-20(19)34-2)13-17-21(29)32-24(30-22(17)33)38-23(31-32)25(26,27)28/h3-8,13-14,29H,9-12H2,1-2H3. The molecule has 1 amide bonds. The van der Waals surface area contributed by atoms with Gasteiger partial charge in [0.05, 0.1) is 25.9 Å². The maximum atomic E-state index is 13.0. The first-order chi connectivity index (χ1) is 18.2. The molecule has 2 aliphatic rings. The number of carbonyl (C=O) groups is 1. The van der Waals surface area contributed by atoms with E-state index in [1.165, 1.54) is 13.2 Å². The van der Waals surface area contributed by atoms with Crippen molar-refractivity contribution in [1.29, 1.82) is 5.41 Å². The highest BCUT2D eigenvalue weighted by molar-refractivity contribution is 8.27. The Hall–Kier alpha value is -3.84. The third-order valence-corrected chi connectivity index (χ3v) is 6.21. The van der Waals surface area contributed by atoms with Gasteiger partial charge in [0, 0.05) is 0 Å². The molecule has 200 valence electrons. The number of hydrogen-bond donors (Lipinski definition) is 1. The number of amides is 1. The van der Waals surface area contributed by atoms with Gasteiger partial charge in [-0.2, -0.15) is 28.3 Å². The highest BCUT2D eigenvalue weighted by atomic mass is 32.2. The van der Waals surface area contributed by atoms with Crippen LogP contribution < -0.4 is 14.2 Å². The Bertz CT molecular complexity index is 1330. The van der Waals surface area contributed by atoms with Gasteiger partial charge >= 0.3 is 6.18 Å². The summed E-state index contributed by atoms with van der Waals surface area (Å²) < 4.78 is 61.3. The van der Waals surface area contributed by atoms with Crippen LogP contribution >= 0.6 is 11.8 Å². The van der Waals surface area contributed by atoms with Gasteiger partial charge in [0.25, 0.3) is 5.91 Å². The van der Waals surface area contributed by atoms with Crippen molar-refractivity contribution in [2.75, 3.05) is 33.5 Å². The van der Waals surface area contributed by atoms with Gasteiger partial charge in [0.2, 0.25) is 10.2 Å². The van der Waals surface area contributed by atoms with Gasteiger partial charge in [-0.3, -0.25) is 10.2 Å². The molecule has 9 nitrogen and oxygen atoms in total. The van der Waals surface area contributed by atoms with Crippen LogP contribution in [0.15, 0.2) is 58.1 Å². The molecule has 0 atom stereocenters. The summed E-state index contributed by atoms with van der Waals surface area (Å²) in [5.41, 5.74) is 1.29. The van der Waals surface area contributed by atoms with Gasteiger partial charge in [-0.05, 0) is 54.1 Å². The van der Waals surface area contributed by atoms with Crippen molar-refractivity contribution in [3.05, 3.63) is 59.2 Å². The molecule has 0 saturated carbocycles. The zero-order chi connectivity index (χ0) is 27.3. The van der Waals surface area contributed by atoms with Crippen molar-refractivity contribution in [1.82, 2.24) is 5.01 Å². The molecule has 2 aliphatic heterocycles. The summed E-state index contributed by atoms with van der Waals surface area (Å²) >= 11 is 0.197. The summed E-state index contributed by atoms with van der Waals surface area (Å²) in [6.07, 6.45) is -3.37. The van der Waals surface area contributed by atoms with Gasteiger partial charge in [0.1, 0.15) is 19.0 Å². The number of fused-ring (bicyclic) bond motifs is 1. The van der Waals surface area contributed by atoms with E-state index in [2.05, 4.69) is 10.1 Å². The summed E-state index contributed by atoms with van der Waals surface area (Å²) in [5, 5.41) is 10.8. The second-order valence-corrected chi connectivity index (χ2v) is 8.86. The molecular formula is C25H23F3N4O5S. The van der Waals surface area contributed by atoms with E-state index in [1.54, 1.807) is 18.2 Å². The van der Waals surface area contributed by atoms with E-state index in [-0.39, 0.29) is 29.1 Å². The Labute approximate surface area is 220 Å². The van der Waals surface area contributed by atoms with Gasteiger partial charge in [-0.25, -0.2) is 0 Å². The second-order valence-electron chi connectivity index (χ2n) is 7.91. The third kappa shape index (κ3) is 6.34. The number of alkyl halides is 3. The SMILES string of the molecule is COc1cc(C=C2C(=N)N3N=C(C(F)(F)F)SC3=NC2=O)ccc1OCCOCCOc1ccccc1C. The molecule has 0 radical (unpaired) electrons. The first kappa shape index (κ1) is 27.2. The number of amidine groups is 2. The number of rotatable bonds is 10. The first-order valence-corrected chi connectivity index (χ1v) is 12.1. The largest absolute Gasteiger partial charge is 0.493 e. The van der Waals surface area contributed by atoms with Crippen LogP contribution in [0.3, 0.4) is 0 Å². The Morgan fingerprint density at radius 2 is 1.74 bits per heavy atom. The van der Waals surface area contributed by atoms with Gasteiger partial charge in [-0.15, -0.1) is 0 Å². The van der Waals surface area contributed by atoms with Crippen LogP contribution in [0.4, 0.5) is 13.2 Å². The van der Waals surface area contributed by atoms with E-state index in [9.17, 15) is 18.0 Å². The minimum absolute atomic E-state index is 0.197. The summed E-state index contributed by atoms with van der Waals surface area (Å²) in [6.45, 7) is 3.31. The fraction of sp³-hybridized carbons (Fsp3) is 0.280. The smallest absolute Gasteiger partial charge is 0.441 e. The number of carbonyl (C=O) groups excluding carboxylic acids is 1. The molecule has 2 aromatic rings. The maximum Gasteiger partial charge on any atom is 0.441 e. The average molecular weight is 549 g/mol. The number of para-hydroxylation sites is 1. The fourth-order valence-electron chi connectivity index (χ4n) is 3.41. The molecule has 0 saturated heterocycles. The van der Waals surface area contributed by atoms with E-state index in [1.807, 2.05) is 31.2 Å². The highest BCUT2D eigenvalue weighted by Crippen LogP contribution is 2.36. The number of nitrogens with zero attached hydrogens (tertiary/aromatic N) is 3. The number of hydrogen-bond acceptors (Lipinski definition) is 8. The van der Waals surface area contributed by atoms with Crippen LogP contribution in [-0.2, 0) is 9.53 Å². The van der Waals surface area contributed by atoms with E-state index in [0.29, 0.717) is 41.9 Å². The van der Waals surface area contributed by atoms with Crippen molar-refractivity contribution >= 4 is 39.8 Å². The average Bonchev–Trinajstić information content (AvgIpc) is 3.32. The lowest BCUT2D eigenvalue weighted by Gasteiger charge is -2.20. The van der Waals surface area contributed by atoms with Crippen LogP contribution in [0.25, 0.3) is 6.08 Å². The quantitative estimate of drug-likeness (QED) is 0.340. The second kappa shape index (κ2) is 11.7. The highest BCUT2D eigenvalue weighted by Gasteiger charge is 2.46. The van der Waals surface area contributed by atoms with Crippen LogP contribution in [0, 0.1) is 12.3 Å². The molecule has 0 fully saturated rings. The molecule has 4 rings (SSSR count). The predicted octanol–water partition coefficient (Wildman–Crippen LogP) is 4.66. The number of benzene rings is 2. The van der Waals surface area contributed by atoms with Gasteiger partial charge < -0.3 is 18.9 Å². The van der Waals surface area contributed by atoms with Crippen molar-refractivity contribution in [2.45, 2.75) is 13.1 Å². The molecule has 0 aliphatic carbocycles. The lowest BCUT2D eigenvalue weighted by Crippen LogP contribution is -2.35. The number of aryl methyl sites for hydroxylation is 1. The number of hydrazone groups is 1. The minimum Gasteiger partial charge on any atom is -0.493 e. The molecule has 38 heavy (non-hydrogen) atoms. The van der Waals surface area contributed by atoms with Crippen molar-refractivity contribution in [3.63, 3.8) is 0 Å². The normalized spacial score (nSPS) is 16.3. The molecular weight excluding hydrogens is 525 g/mol. The van der Waals surface area contributed by atoms with E-state index >= 15 is 0 Å². The monoisotopic (exact) mass is 548 g/mol. The van der Waals surface area contributed by atoms with E-state index in [0.717, 1.165) is 11.3 Å². The predicted molar refractivity (Wildman–Crippen MR) is 137 cm³/mol. The number of aliphatic imine (C=N–C) groups is 1. The Morgan fingerprint density at radius 3 is 2.42 bits per heavy atom. The molecule has 2 aromatic carbocycles. The summed E-state index contributed by atoms with van der Waals surface area (Å²) in [4.78, 5) is 16.1. The Morgan fingerprint density at radius 1 is 1.03 bits per heavy atom. The molecule has 2 heterocycles. The molecule has 13 heteroatoms. The molecule has 1 N–H and O–H groups in total. The Kier molecular flexibility index (Phi) is 8.37. The van der Waals surface area contributed by atoms with E-state index in [4.69, 9.17) is 24.4 Å². The van der Waals surface area contributed by atoms with E-state index < -0.39 is 23.0 Å². The van der Waals surface area contributed by atoms with Crippen LogP contribution in [0.1, 0.15) is 11.1 Å². The number of nitrogens with one attached hydrogen (secondary N) is 1. The van der Waals surface area contributed by atoms with Crippen LogP contribution in [0.2, 0.25) is 0 Å². The molecule has 0 aromatic heterocycles. The summed E-state index contributed by atoms with van der Waals surface area (Å²) in [6, 6.07) is 12.5. The van der Waals surface area contributed by atoms with Crippen molar-refractivity contribution in [2.24, 2.45) is 10.1 Å². The lowest BCUT2D eigenvalue weighted by atomic mass is 10.1. The minimum atomic E-state index is -4.71. The number of thioether (sulfide) groups is 1. The summed E-state index contributed by atoms with van der Waals surface area (Å²) in [5.74, 6) is 0.248. The van der Waals surface area contributed by atoms with Gasteiger partial charge in [0.15, 0.2) is 17.3 Å². The number of ether oxygens (including phenoxy) is 4. The van der Waals surface area contributed by atoms with Crippen molar-refractivity contribution < 1.29 is 36.9 Å². The van der Waals surface area contributed by atoms with Crippen molar-refractivity contribution in [3.8, 4) is 17.2 Å². The number of halogens is 3. The summed E-state index contributed by atoms with van der Waals surface area (Å²) in [7, 11) is 1.44. The first-order valence-electron chi connectivity index (χ1n) is 11.3. The van der Waals surface area contributed by atoms with Gasteiger partial charge in [-0.1, -0.05) is 24.3 Å².